The number of ether oxygens (including phenoxy) is 1. The molecule has 0 heterocycles. The summed E-state index contributed by atoms with van der Waals surface area (Å²) in [5.41, 5.74) is 0. The summed E-state index contributed by atoms with van der Waals surface area (Å²) in [5.74, 6) is -0.455. The van der Waals surface area contributed by atoms with Crippen molar-refractivity contribution >= 4 is 14.3 Å². The largest absolute Gasteiger partial charge is 0.463 e. The summed E-state index contributed by atoms with van der Waals surface area (Å²) in [6.07, 6.45) is 5.01. The molecule has 0 aliphatic rings. The Morgan fingerprint density at radius 2 is 1.86 bits per heavy atom. The van der Waals surface area contributed by atoms with Crippen molar-refractivity contribution in [2.75, 3.05) is 6.61 Å². The Bertz CT molecular complexity index is 380. The van der Waals surface area contributed by atoms with Crippen molar-refractivity contribution in [1.29, 1.82) is 0 Å². The highest BCUT2D eigenvalue weighted by Crippen LogP contribution is 2.37. The average molecular weight is 314 g/mol. The molecule has 0 fully saturated rings. The molecule has 0 rings (SSSR count). The highest BCUT2D eigenvalue weighted by molar-refractivity contribution is 6.74. The van der Waals surface area contributed by atoms with E-state index in [1.807, 2.05) is 19.1 Å². The summed E-state index contributed by atoms with van der Waals surface area (Å²) in [6, 6.07) is 0. The monoisotopic (exact) mass is 314 g/mol. The number of aliphatic hydroxyl groups excluding tert-OH is 1. The standard InChI is InChI=1S/C16H30O4Si/c1-8-10-14(20-21(6,7)16(3,4)5)13(17)11-12-15(18)19-9-2/h8,10-14,17H,9H2,1-7H3/t13-,14-/m0/s1. The van der Waals surface area contributed by atoms with E-state index in [0.29, 0.717) is 6.61 Å². The molecule has 5 heteroatoms. The van der Waals surface area contributed by atoms with Gasteiger partial charge in [-0.05, 0) is 38.1 Å². The van der Waals surface area contributed by atoms with Crippen LogP contribution in [-0.4, -0.2) is 38.2 Å². The highest BCUT2D eigenvalue weighted by atomic mass is 28.4. The second-order valence-electron chi connectivity index (χ2n) is 6.47. The van der Waals surface area contributed by atoms with Gasteiger partial charge in [0.25, 0.3) is 0 Å². The van der Waals surface area contributed by atoms with Crippen LogP contribution in [-0.2, 0) is 14.0 Å². The minimum absolute atomic E-state index is 0.0530. The summed E-state index contributed by atoms with van der Waals surface area (Å²) in [7, 11) is -2.00. The lowest BCUT2D eigenvalue weighted by Crippen LogP contribution is -2.46. The van der Waals surface area contributed by atoms with Gasteiger partial charge < -0.3 is 14.3 Å². The summed E-state index contributed by atoms with van der Waals surface area (Å²) in [6.45, 7) is 14.6. The van der Waals surface area contributed by atoms with Crippen molar-refractivity contribution in [2.45, 2.75) is 65.0 Å². The second-order valence-corrected chi connectivity index (χ2v) is 11.2. The Morgan fingerprint density at radius 3 is 2.29 bits per heavy atom. The number of esters is 1. The molecule has 0 radical (unpaired) electrons. The normalized spacial score (nSPS) is 16.4. The zero-order valence-electron chi connectivity index (χ0n) is 14.3. The molecule has 0 unspecified atom stereocenters. The van der Waals surface area contributed by atoms with E-state index in [-0.39, 0.29) is 5.04 Å². The first kappa shape index (κ1) is 20.1. The number of aliphatic hydroxyl groups is 1. The summed E-state index contributed by atoms with van der Waals surface area (Å²) >= 11 is 0. The fourth-order valence-electron chi connectivity index (χ4n) is 1.41. The van der Waals surface area contributed by atoms with E-state index in [2.05, 4.69) is 33.9 Å². The quantitative estimate of drug-likeness (QED) is 0.338. The van der Waals surface area contributed by atoms with Crippen LogP contribution < -0.4 is 0 Å². The first-order valence-electron chi connectivity index (χ1n) is 7.38. The average Bonchev–Trinajstić information content (AvgIpc) is 2.34. The minimum Gasteiger partial charge on any atom is -0.463 e. The molecule has 0 bridgehead atoms. The lowest BCUT2D eigenvalue weighted by atomic mass is 10.2. The fourth-order valence-corrected chi connectivity index (χ4v) is 2.66. The van der Waals surface area contributed by atoms with E-state index in [1.165, 1.54) is 12.2 Å². The number of rotatable bonds is 7. The van der Waals surface area contributed by atoms with Crippen LogP contribution in [0.25, 0.3) is 0 Å². The van der Waals surface area contributed by atoms with Crippen LogP contribution in [0.3, 0.4) is 0 Å². The van der Waals surface area contributed by atoms with Crippen molar-refractivity contribution in [3.05, 3.63) is 24.3 Å². The van der Waals surface area contributed by atoms with Gasteiger partial charge in [-0.15, -0.1) is 0 Å². The van der Waals surface area contributed by atoms with Crippen LogP contribution in [0.1, 0.15) is 34.6 Å². The maximum Gasteiger partial charge on any atom is 0.330 e. The van der Waals surface area contributed by atoms with Gasteiger partial charge in [0.1, 0.15) is 6.10 Å². The van der Waals surface area contributed by atoms with E-state index in [9.17, 15) is 9.90 Å². The molecule has 0 aromatic rings. The van der Waals surface area contributed by atoms with Gasteiger partial charge in [0, 0.05) is 6.08 Å². The number of hydrogen-bond donors (Lipinski definition) is 1. The van der Waals surface area contributed by atoms with Crippen LogP contribution >= 0.6 is 0 Å². The molecule has 21 heavy (non-hydrogen) atoms. The Hall–Kier alpha value is -0.913. The van der Waals surface area contributed by atoms with Gasteiger partial charge in [-0.2, -0.15) is 0 Å². The molecular weight excluding hydrogens is 284 g/mol. The second kappa shape index (κ2) is 8.51. The lowest BCUT2D eigenvalue weighted by molar-refractivity contribution is -0.137. The van der Waals surface area contributed by atoms with Crippen molar-refractivity contribution in [2.24, 2.45) is 0 Å². The third kappa shape index (κ3) is 7.06. The molecule has 0 aromatic heterocycles. The van der Waals surface area contributed by atoms with E-state index >= 15 is 0 Å². The van der Waals surface area contributed by atoms with Crippen molar-refractivity contribution in [3.63, 3.8) is 0 Å². The predicted molar refractivity (Wildman–Crippen MR) is 88.7 cm³/mol. The van der Waals surface area contributed by atoms with Crippen molar-refractivity contribution < 1.29 is 19.1 Å². The van der Waals surface area contributed by atoms with Gasteiger partial charge in [0.2, 0.25) is 0 Å². The predicted octanol–water partition coefficient (Wildman–Crippen LogP) is 3.43. The minimum atomic E-state index is -2.00. The first-order chi connectivity index (χ1) is 9.55. The fraction of sp³-hybridized carbons (Fsp3) is 0.688. The number of carbonyl (C=O) groups excluding carboxylic acids is 1. The first-order valence-corrected chi connectivity index (χ1v) is 10.3. The van der Waals surface area contributed by atoms with Crippen molar-refractivity contribution in [1.82, 2.24) is 0 Å². The van der Waals surface area contributed by atoms with E-state index < -0.39 is 26.5 Å². The Balaban J connectivity index is 4.95. The van der Waals surface area contributed by atoms with Gasteiger partial charge in [-0.25, -0.2) is 4.79 Å². The van der Waals surface area contributed by atoms with Gasteiger partial charge in [0.15, 0.2) is 8.32 Å². The molecule has 1 N–H and O–H groups in total. The van der Waals surface area contributed by atoms with E-state index in [1.54, 1.807) is 6.92 Å². The number of hydrogen-bond acceptors (Lipinski definition) is 4. The third-order valence-corrected chi connectivity index (χ3v) is 8.15. The van der Waals surface area contributed by atoms with Crippen LogP contribution in [0.2, 0.25) is 18.1 Å². The molecule has 0 saturated carbocycles. The van der Waals surface area contributed by atoms with Gasteiger partial charge in [-0.1, -0.05) is 32.9 Å². The maximum absolute atomic E-state index is 11.3. The molecule has 4 nitrogen and oxygen atoms in total. The number of allylic oxidation sites excluding steroid dienone is 1. The molecule has 0 amide bonds. The number of carbonyl (C=O) groups is 1. The molecule has 0 aromatic carbocycles. The third-order valence-electron chi connectivity index (χ3n) is 3.67. The smallest absolute Gasteiger partial charge is 0.330 e. The molecular formula is C16H30O4Si. The Kier molecular flexibility index (Phi) is 8.14. The van der Waals surface area contributed by atoms with Crippen LogP contribution in [0.5, 0.6) is 0 Å². The molecule has 0 aliphatic heterocycles. The summed E-state index contributed by atoms with van der Waals surface area (Å²) in [5, 5.41) is 10.3. The molecule has 0 saturated heterocycles. The van der Waals surface area contributed by atoms with Crippen LogP contribution in [0.4, 0.5) is 0 Å². The molecule has 2 atom stereocenters. The zero-order chi connectivity index (χ0) is 16.7. The Morgan fingerprint density at radius 1 is 1.29 bits per heavy atom. The van der Waals surface area contributed by atoms with Gasteiger partial charge >= 0.3 is 5.97 Å². The van der Waals surface area contributed by atoms with Crippen LogP contribution in [0, 0.1) is 0 Å². The van der Waals surface area contributed by atoms with Crippen LogP contribution in [0.15, 0.2) is 24.3 Å². The van der Waals surface area contributed by atoms with Gasteiger partial charge in [0.05, 0.1) is 12.7 Å². The highest BCUT2D eigenvalue weighted by Gasteiger charge is 2.39. The zero-order valence-corrected chi connectivity index (χ0v) is 15.3. The van der Waals surface area contributed by atoms with E-state index in [4.69, 9.17) is 9.16 Å². The van der Waals surface area contributed by atoms with E-state index in [0.717, 1.165) is 0 Å². The molecule has 122 valence electrons. The summed E-state index contributed by atoms with van der Waals surface area (Å²) < 4.78 is 11.0. The van der Waals surface area contributed by atoms with Crippen molar-refractivity contribution in [3.8, 4) is 0 Å². The van der Waals surface area contributed by atoms with Gasteiger partial charge in [-0.3, -0.25) is 0 Å². The SMILES string of the molecule is CC=C[C@H](O[Si](C)(C)C(C)(C)C)[C@@H](O)C=CC(=O)OCC. The molecule has 0 aliphatic carbocycles. The Labute approximate surface area is 130 Å². The molecule has 0 spiro atoms. The summed E-state index contributed by atoms with van der Waals surface area (Å²) in [4.78, 5) is 11.3. The lowest BCUT2D eigenvalue weighted by Gasteiger charge is -2.39. The maximum atomic E-state index is 11.3. The topological polar surface area (TPSA) is 55.8 Å².